The average molecular weight is 544 g/mol. The normalized spacial score (nSPS) is 12.5. The second kappa shape index (κ2) is 11.7. The number of nitrogen functional groups attached to an aromatic ring is 1. The maximum atomic E-state index is 12.8. The van der Waals surface area contributed by atoms with Crippen LogP contribution in [0.25, 0.3) is 0 Å². The van der Waals surface area contributed by atoms with E-state index in [1.165, 1.54) is 25.1 Å². The molecule has 0 radical (unpaired) electrons. The van der Waals surface area contributed by atoms with E-state index in [1.54, 1.807) is 26.0 Å². The number of nitrogens with zero attached hydrogens (tertiary/aromatic N) is 1. The summed E-state index contributed by atoms with van der Waals surface area (Å²) in [6.45, 7) is 6.87. The summed E-state index contributed by atoms with van der Waals surface area (Å²) in [7, 11) is -3.79. The Balaban J connectivity index is 2.34. The van der Waals surface area contributed by atoms with Gasteiger partial charge in [0.2, 0.25) is 15.3 Å². The molecule has 2 aromatic rings. The molecule has 1 aromatic heterocycles. The lowest BCUT2D eigenvalue weighted by atomic mass is 10.2. The maximum absolute atomic E-state index is 12.8. The van der Waals surface area contributed by atoms with E-state index in [-0.39, 0.29) is 41.3 Å². The summed E-state index contributed by atoms with van der Waals surface area (Å²) in [5.41, 5.74) is -1.77. The van der Waals surface area contributed by atoms with Crippen molar-refractivity contribution in [1.82, 2.24) is 9.99 Å². The van der Waals surface area contributed by atoms with Crippen molar-refractivity contribution < 1.29 is 22.7 Å². The highest BCUT2D eigenvalue weighted by Crippen LogP contribution is 2.21. The first-order valence-electron chi connectivity index (χ1n) is 10.6. The predicted molar refractivity (Wildman–Crippen MR) is 129 cm³/mol. The van der Waals surface area contributed by atoms with Gasteiger partial charge in [0.05, 0.1) is 23.8 Å². The lowest BCUT2D eigenvalue weighted by Crippen LogP contribution is -2.37. The molecule has 1 aromatic carbocycles. The van der Waals surface area contributed by atoms with E-state index >= 15 is 0 Å². The van der Waals surface area contributed by atoms with Gasteiger partial charge in [0, 0.05) is 16.6 Å². The van der Waals surface area contributed by atoms with Crippen molar-refractivity contribution in [3.05, 3.63) is 56.4 Å². The Morgan fingerprint density at radius 1 is 1.21 bits per heavy atom. The number of ether oxygens (including phenoxy) is 2. The molecule has 0 aliphatic rings. The van der Waals surface area contributed by atoms with Crippen LogP contribution in [0.5, 0.6) is 5.75 Å². The minimum Gasteiger partial charge on any atom is -0.487 e. The van der Waals surface area contributed by atoms with Crippen LogP contribution < -0.4 is 21.3 Å². The Morgan fingerprint density at radius 3 is 2.42 bits per heavy atom. The molecular weight excluding hydrogens is 514 g/mol. The number of aromatic nitrogens is 1. The number of unbranched alkanes of at least 4 members (excludes halogenated alkanes) is 1. The van der Waals surface area contributed by atoms with E-state index in [0.717, 1.165) is 15.6 Å². The van der Waals surface area contributed by atoms with E-state index in [2.05, 4.69) is 21.2 Å². The van der Waals surface area contributed by atoms with E-state index in [0.29, 0.717) is 6.42 Å². The van der Waals surface area contributed by atoms with Crippen LogP contribution in [0.3, 0.4) is 0 Å². The van der Waals surface area contributed by atoms with Crippen LogP contribution in [0.2, 0.25) is 0 Å². The summed E-state index contributed by atoms with van der Waals surface area (Å²) in [5, 5.41) is 2.70. The van der Waals surface area contributed by atoms with Gasteiger partial charge in [-0.25, -0.2) is 8.42 Å². The molecule has 0 spiro atoms. The minimum atomic E-state index is -3.79. The number of nitrogens with one attached hydrogen (secondary N) is 1. The van der Waals surface area contributed by atoms with Crippen LogP contribution in [-0.2, 0) is 21.2 Å². The van der Waals surface area contributed by atoms with Crippen molar-refractivity contribution in [1.29, 1.82) is 0 Å². The van der Waals surface area contributed by atoms with Gasteiger partial charge < -0.3 is 20.6 Å². The van der Waals surface area contributed by atoms with Crippen LogP contribution in [-0.4, -0.2) is 37.1 Å². The topological polar surface area (TPSA) is 130 Å². The number of amides is 1. The van der Waals surface area contributed by atoms with E-state index in [4.69, 9.17) is 15.3 Å². The van der Waals surface area contributed by atoms with Gasteiger partial charge in [0.25, 0.3) is 5.91 Å². The standard InChI is InChI=1S/C22H30BrN3O6S/c1-5-6-11-31-21-19(27)12-17(26(24)20(21)22(28)25-14(2)3)13-32-15(4)33(29,30)18-9-7-16(23)8-10-18/h7-10,12,14-15H,5-6,11,13,24H2,1-4H3,(H,25,28). The Kier molecular flexibility index (Phi) is 9.50. The van der Waals surface area contributed by atoms with Gasteiger partial charge in [-0.3, -0.25) is 14.3 Å². The Bertz CT molecular complexity index is 1130. The SMILES string of the molecule is CCCCOc1c(C(=O)NC(C)C)n(N)c(COC(C)S(=O)(=O)c2ccc(Br)cc2)cc1=O. The number of carbonyl (C=O) groups is 1. The fraction of sp³-hybridized carbons (Fsp3) is 0.455. The van der Waals surface area contributed by atoms with E-state index in [9.17, 15) is 18.0 Å². The van der Waals surface area contributed by atoms with Gasteiger partial charge in [-0.1, -0.05) is 29.3 Å². The summed E-state index contributed by atoms with van der Waals surface area (Å²) in [5.74, 6) is 5.43. The second-order valence-electron chi connectivity index (χ2n) is 7.76. The highest BCUT2D eigenvalue weighted by molar-refractivity contribution is 9.10. The third-order valence-electron chi connectivity index (χ3n) is 4.71. The summed E-state index contributed by atoms with van der Waals surface area (Å²) in [6.07, 6.45) is 1.55. The third-order valence-corrected chi connectivity index (χ3v) is 7.18. The molecule has 0 aliphatic carbocycles. The minimum absolute atomic E-state index is 0.0972. The number of nitrogens with two attached hydrogens (primary N) is 1. The first-order chi connectivity index (χ1) is 15.5. The first-order valence-corrected chi connectivity index (χ1v) is 12.9. The molecule has 0 bridgehead atoms. The van der Waals surface area contributed by atoms with Crippen LogP contribution in [0.15, 0.2) is 44.5 Å². The maximum Gasteiger partial charge on any atom is 0.274 e. The summed E-state index contributed by atoms with van der Waals surface area (Å²) in [6, 6.07) is 7.16. The molecule has 182 valence electrons. The van der Waals surface area contributed by atoms with Gasteiger partial charge in [0.1, 0.15) is 0 Å². The molecule has 0 fully saturated rings. The molecule has 0 saturated heterocycles. The second-order valence-corrected chi connectivity index (χ2v) is 10.9. The summed E-state index contributed by atoms with van der Waals surface area (Å²) < 4.78 is 38.5. The monoisotopic (exact) mass is 543 g/mol. The molecule has 9 nitrogen and oxygen atoms in total. The predicted octanol–water partition coefficient (Wildman–Crippen LogP) is 2.98. The van der Waals surface area contributed by atoms with Crippen LogP contribution in [0, 0.1) is 0 Å². The van der Waals surface area contributed by atoms with Crippen molar-refractivity contribution in [2.75, 3.05) is 12.4 Å². The van der Waals surface area contributed by atoms with Crippen molar-refractivity contribution in [3.8, 4) is 5.75 Å². The van der Waals surface area contributed by atoms with Crippen molar-refractivity contribution in [2.45, 2.75) is 63.5 Å². The highest BCUT2D eigenvalue weighted by Gasteiger charge is 2.26. The lowest BCUT2D eigenvalue weighted by Gasteiger charge is -2.20. The van der Waals surface area contributed by atoms with Crippen molar-refractivity contribution >= 4 is 31.7 Å². The smallest absolute Gasteiger partial charge is 0.274 e. The Hall–Kier alpha value is -2.37. The van der Waals surface area contributed by atoms with Crippen LogP contribution >= 0.6 is 15.9 Å². The summed E-state index contributed by atoms with van der Waals surface area (Å²) in [4.78, 5) is 25.6. The zero-order chi connectivity index (χ0) is 24.8. The van der Waals surface area contributed by atoms with Crippen molar-refractivity contribution in [3.63, 3.8) is 0 Å². The molecule has 0 aliphatic heterocycles. The number of rotatable bonds is 11. The molecule has 33 heavy (non-hydrogen) atoms. The molecule has 1 amide bonds. The van der Waals surface area contributed by atoms with E-state index < -0.39 is 26.6 Å². The number of sulfone groups is 1. The number of hydrogen-bond acceptors (Lipinski definition) is 7. The number of benzene rings is 1. The number of pyridine rings is 1. The first kappa shape index (κ1) is 26.9. The molecule has 2 rings (SSSR count). The number of hydrogen-bond donors (Lipinski definition) is 2. The van der Waals surface area contributed by atoms with Gasteiger partial charge in [-0.15, -0.1) is 0 Å². The Morgan fingerprint density at radius 2 is 1.85 bits per heavy atom. The zero-order valence-electron chi connectivity index (χ0n) is 19.1. The molecule has 0 saturated carbocycles. The van der Waals surface area contributed by atoms with Gasteiger partial charge >= 0.3 is 0 Å². The Labute approximate surface area is 202 Å². The molecule has 1 heterocycles. The number of halogens is 1. The van der Waals surface area contributed by atoms with E-state index in [1.807, 2.05) is 6.92 Å². The van der Waals surface area contributed by atoms with Gasteiger partial charge in [-0.05, 0) is 51.5 Å². The van der Waals surface area contributed by atoms with Gasteiger partial charge in [0.15, 0.2) is 16.9 Å². The van der Waals surface area contributed by atoms with Gasteiger partial charge in [-0.2, -0.15) is 0 Å². The quantitative estimate of drug-likeness (QED) is 0.329. The van der Waals surface area contributed by atoms with Crippen molar-refractivity contribution in [2.24, 2.45) is 0 Å². The highest BCUT2D eigenvalue weighted by atomic mass is 79.9. The molecule has 1 atom stereocenters. The molecule has 11 heteroatoms. The molecule has 1 unspecified atom stereocenters. The average Bonchev–Trinajstić information content (AvgIpc) is 2.74. The summed E-state index contributed by atoms with van der Waals surface area (Å²) >= 11 is 3.27. The van der Waals surface area contributed by atoms with Crippen LogP contribution in [0.1, 0.15) is 56.7 Å². The fourth-order valence-electron chi connectivity index (χ4n) is 2.88. The number of carbonyl (C=O) groups excluding carboxylic acids is 1. The molecule has 3 N–H and O–H groups in total. The zero-order valence-corrected chi connectivity index (χ0v) is 21.5. The third kappa shape index (κ3) is 6.81. The fourth-order valence-corrected chi connectivity index (χ4v) is 4.29. The van der Waals surface area contributed by atoms with Crippen LogP contribution in [0.4, 0.5) is 0 Å². The molecular formula is C22H30BrN3O6S. The largest absolute Gasteiger partial charge is 0.487 e. The lowest BCUT2D eigenvalue weighted by molar-refractivity contribution is 0.0912.